The van der Waals surface area contributed by atoms with E-state index in [4.69, 9.17) is 5.26 Å². The molecule has 106 valence electrons. The van der Waals surface area contributed by atoms with Gasteiger partial charge in [-0.1, -0.05) is 36.4 Å². The van der Waals surface area contributed by atoms with Gasteiger partial charge in [-0.15, -0.1) is 5.11 Å². The smallest absolute Gasteiger partial charge is 0.292 e. The first-order valence-corrected chi connectivity index (χ1v) is 6.56. The molecule has 0 aliphatic rings. The number of rotatable bonds is 3. The van der Waals surface area contributed by atoms with E-state index < -0.39 is 0 Å². The molecule has 2 N–H and O–H groups in total. The molecule has 0 aliphatic heterocycles. The van der Waals surface area contributed by atoms with Gasteiger partial charge in [-0.3, -0.25) is 15.0 Å². The van der Waals surface area contributed by atoms with E-state index in [2.05, 4.69) is 20.4 Å². The summed E-state index contributed by atoms with van der Waals surface area (Å²) in [5.74, 6) is 0. The van der Waals surface area contributed by atoms with Crippen LogP contribution in [0, 0.1) is 11.3 Å². The number of azo groups is 1. The quantitative estimate of drug-likeness (QED) is 0.719. The van der Waals surface area contributed by atoms with Crippen LogP contribution in [-0.4, -0.2) is 10.2 Å². The molecule has 6 heteroatoms. The minimum Gasteiger partial charge on any atom is -0.295 e. The molecule has 0 amide bonds. The van der Waals surface area contributed by atoms with Gasteiger partial charge in [-0.2, -0.15) is 10.4 Å². The number of hydrogen-bond acceptors (Lipinski definition) is 4. The van der Waals surface area contributed by atoms with E-state index >= 15 is 0 Å². The highest BCUT2D eigenvalue weighted by atomic mass is 16.1. The van der Waals surface area contributed by atoms with Crippen LogP contribution in [0.1, 0.15) is 5.56 Å². The molecule has 0 atom stereocenters. The first-order valence-electron chi connectivity index (χ1n) is 6.56. The summed E-state index contributed by atoms with van der Waals surface area (Å²) < 4.78 is 0. The predicted molar refractivity (Wildman–Crippen MR) is 82.2 cm³/mol. The second-order valence-electron chi connectivity index (χ2n) is 4.53. The zero-order valence-electron chi connectivity index (χ0n) is 11.4. The van der Waals surface area contributed by atoms with Crippen LogP contribution < -0.4 is 5.56 Å². The molecule has 0 spiro atoms. The molecule has 2 aromatic carbocycles. The minimum atomic E-state index is -0.348. The summed E-state index contributed by atoms with van der Waals surface area (Å²) in [4.78, 5) is 11.9. The second kappa shape index (κ2) is 5.89. The maximum Gasteiger partial charge on any atom is 0.292 e. The van der Waals surface area contributed by atoms with Crippen LogP contribution in [0.2, 0.25) is 0 Å². The molecule has 0 unspecified atom stereocenters. The Kier molecular flexibility index (Phi) is 3.62. The summed E-state index contributed by atoms with van der Waals surface area (Å²) in [6.07, 6.45) is 0. The fourth-order valence-electron chi connectivity index (χ4n) is 2.01. The Bertz CT molecular complexity index is 915. The minimum absolute atomic E-state index is 0.202. The Labute approximate surface area is 125 Å². The number of nitriles is 1. The largest absolute Gasteiger partial charge is 0.295 e. The van der Waals surface area contributed by atoms with Crippen molar-refractivity contribution in [2.75, 3.05) is 0 Å². The summed E-state index contributed by atoms with van der Waals surface area (Å²) in [7, 11) is 0. The Morgan fingerprint density at radius 3 is 2.55 bits per heavy atom. The van der Waals surface area contributed by atoms with Gasteiger partial charge < -0.3 is 0 Å². The number of benzene rings is 2. The first-order chi connectivity index (χ1) is 10.8. The van der Waals surface area contributed by atoms with Crippen LogP contribution >= 0.6 is 0 Å². The number of aromatic amines is 2. The lowest BCUT2D eigenvalue weighted by Gasteiger charge is -1.97. The highest BCUT2D eigenvalue weighted by Gasteiger charge is 2.11. The van der Waals surface area contributed by atoms with Crippen LogP contribution in [-0.2, 0) is 0 Å². The molecule has 0 bridgehead atoms. The number of nitrogens with one attached hydrogen (secondary N) is 2. The molecule has 1 aromatic heterocycles. The highest BCUT2D eigenvalue weighted by molar-refractivity contribution is 5.71. The lowest BCUT2D eigenvalue weighted by atomic mass is 10.1. The third-order valence-corrected chi connectivity index (χ3v) is 3.06. The molecule has 6 nitrogen and oxygen atoms in total. The van der Waals surface area contributed by atoms with Crippen LogP contribution in [0.25, 0.3) is 11.3 Å². The lowest BCUT2D eigenvalue weighted by molar-refractivity contribution is 1.06. The molecule has 3 aromatic rings. The summed E-state index contributed by atoms with van der Waals surface area (Å²) in [5, 5.41) is 22.2. The molecule has 0 saturated carbocycles. The topological polar surface area (TPSA) is 97.2 Å². The molecule has 0 aliphatic carbocycles. The van der Waals surface area contributed by atoms with E-state index in [1.807, 2.05) is 36.4 Å². The summed E-state index contributed by atoms with van der Waals surface area (Å²) in [6, 6.07) is 18.1. The van der Waals surface area contributed by atoms with E-state index in [9.17, 15) is 4.79 Å². The fourth-order valence-corrected chi connectivity index (χ4v) is 2.01. The Balaban J connectivity index is 1.99. The van der Waals surface area contributed by atoms with E-state index in [1.54, 1.807) is 24.3 Å². The average molecular weight is 289 g/mol. The van der Waals surface area contributed by atoms with Gasteiger partial charge in [0.25, 0.3) is 5.56 Å². The number of aromatic nitrogens is 2. The molecule has 22 heavy (non-hydrogen) atoms. The van der Waals surface area contributed by atoms with E-state index in [0.29, 0.717) is 16.9 Å². The average Bonchev–Trinajstić information content (AvgIpc) is 2.95. The van der Waals surface area contributed by atoms with Crippen molar-refractivity contribution >= 4 is 11.4 Å². The van der Waals surface area contributed by atoms with Gasteiger partial charge >= 0.3 is 0 Å². The van der Waals surface area contributed by atoms with Gasteiger partial charge in [0.1, 0.15) is 0 Å². The van der Waals surface area contributed by atoms with Crippen LogP contribution in [0.4, 0.5) is 11.4 Å². The maximum atomic E-state index is 11.9. The number of hydrogen-bond donors (Lipinski definition) is 2. The monoisotopic (exact) mass is 289 g/mol. The molecule has 0 saturated heterocycles. The predicted octanol–water partition coefficient (Wildman–Crippen LogP) is 3.66. The third kappa shape index (κ3) is 2.69. The molecular formula is C16H11N5O. The van der Waals surface area contributed by atoms with Gasteiger partial charge in [0, 0.05) is 5.56 Å². The van der Waals surface area contributed by atoms with E-state index in [1.165, 1.54) is 0 Å². The van der Waals surface area contributed by atoms with E-state index in [-0.39, 0.29) is 11.2 Å². The Morgan fingerprint density at radius 2 is 1.77 bits per heavy atom. The zero-order chi connectivity index (χ0) is 15.4. The van der Waals surface area contributed by atoms with Crippen molar-refractivity contribution in [1.82, 2.24) is 10.2 Å². The van der Waals surface area contributed by atoms with Crippen molar-refractivity contribution in [3.63, 3.8) is 0 Å². The highest BCUT2D eigenvalue weighted by Crippen LogP contribution is 2.26. The first kappa shape index (κ1) is 13.5. The normalized spacial score (nSPS) is 10.7. The fraction of sp³-hybridized carbons (Fsp3) is 0. The van der Waals surface area contributed by atoms with Gasteiger partial charge in [-0.05, 0) is 18.2 Å². The Hall–Kier alpha value is -3.46. The SMILES string of the molecule is N#Cc1cccc(N=Nc2c(-c3ccccc3)[nH][nH]c2=O)c1. The van der Waals surface area contributed by atoms with Crippen molar-refractivity contribution in [3.05, 3.63) is 70.5 Å². The van der Waals surface area contributed by atoms with Crippen molar-refractivity contribution in [2.45, 2.75) is 0 Å². The van der Waals surface area contributed by atoms with Crippen molar-refractivity contribution < 1.29 is 0 Å². The molecule has 0 fully saturated rings. The zero-order valence-corrected chi connectivity index (χ0v) is 11.4. The van der Waals surface area contributed by atoms with Crippen LogP contribution in [0.3, 0.4) is 0 Å². The van der Waals surface area contributed by atoms with Crippen LogP contribution in [0.15, 0.2) is 69.6 Å². The molecule has 3 rings (SSSR count). The lowest BCUT2D eigenvalue weighted by Crippen LogP contribution is -1.96. The Morgan fingerprint density at radius 1 is 0.955 bits per heavy atom. The van der Waals surface area contributed by atoms with Crippen molar-refractivity contribution in [1.29, 1.82) is 5.26 Å². The molecule has 1 heterocycles. The summed E-state index contributed by atoms with van der Waals surface area (Å²) in [5.41, 5.74) is 2.26. The summed E-state index contributed by atoms with van der Waals surface area (Å²) >= 11 is 0. The van der Waals surface area contributed by atoms with Gasteiger partial charge in [0.05, 0.1) is 23.0 Å². The second-order valence-corrected chi connectivity index (χ2v) is 4.53. The summed E-state index contributed by atoms with van der Waals surface area (Å²) in [6.45, 7) is 0. The van der Waals surface area contributed by atoms with Gasteiger partial charge in [0.15, 0.2) is 5.69 Å². The third-order valence-electron chi connectivity index (χ3n) is 3.06. The molecule has 0 radical (unpaired) electrons. The molecular weight excluding hydrogens is 278 g/mol. The van der Waals surface area contributed by atoms with Gasteiger partial charge in [0.2, 0.25) is 0 Å². The number of H-pyrrole nitrogens is 2. The van der Waals surface area contributed by atoms with Gasteiger partial charge in [-0.25, -0.2) is 0 Å². The number of nitrogens with zero attached hydrogens (tertiary/aromatic N) is 3. The maximum absolute atomic E-state index is 11.9. The van der Waals surface area contributed by atoms with E-state index in [0.717, 1.165) is 5.56 Å². The standard InChI is InChI=1S/C16H11N5O/c17-10-11-5-4-8-13(9-11)18-20-15-14(19-21-16(15)22)12-6-2-1-3-7-12/h1-9H,(H2,19,21,22). The van der Waals surface area contributed by atoms with Crippen LogP contribution in [0.5, 0.6) is 0 Å². The van der Waals surface area contributed by atoms with Crippen molar-refractivity contribution in [2.24, 2.45) is 10.2 Å². The van der Waals surface area contributed by atoms with Crippen molar-refractivity contribution in [3.8, 4) is 17.3 Å².